The summed E-state index contributed by atoms with van der Waals surface area (Å²) in [6, 6.07) is 0. The van der Waals surface area contributed by atoms with Crippen molar-refractivity contribution in [3.05, 3.63) is 0 Å². The number of methoxy groups -OCH3 is 1. The Morgan fingerprint density at radius 1 is 0.559 bits per heavy atom. The lowest BCUT2D eigenvalue weighted by Gasteiger charge is -2.48. The number of hydrogen-bond donors (Lipinski definition) is 9. The molecule has 34 heavy (non-hydrogen) atoms. The lowest BCUT2D eigenvalue weighted by Crippen LogP contribution is -2.67. The molecule has 0 amide bonds. The van der Waals surface area contributed by atoms with E-state index >= 15 is 0 Å². The number of ether oxygens (including phenoxy) is 6. The van der Waals surface area contributed by atoms with Crippen LogP contribution in [0.25, 0.3) is 0 Å². The number of aliphatic hydroxyl groups excluding tert-OH is 9. The van der Waals surface area contributed by atoms with E-state index in [0.29, 0.717) is 0 Å². The minimum Gasteiger partial charge on any atom is -0.394 e. The topological polar surface area (TPSA) is 237 Å². The van der Waals surface area contributed by atoms with Crippen molar-refractivity contribution in [2.75, 3.05) is 20.3 Å². The van der Waals surface area contributed by atoms with E-state index in [0.717, 1.165) is 0 Å². The second-order valence-electron chi connectivity index (χ2n) is 8.53. The fourth-order valence-electron chi connectivity index (χ4n) is 4.17. The predicted molar refractivity (Wildman–Crippen MR) is 105 cm³/mol. The van der Waals surface area contributed by atoms with Crippen molar-refractivity contribution < 1.29 is 74.4 Å². The molecular formula is C19H34O15. The molecule has 3 saturated heterocycles. The first-order chi connectivity index (χ1) is 16.0. The highest BCUT2D eigenvalue weighted by Gasteiger charge is 2.53. The highest BCUT2D eigenvalue weighted by atomic mass is 16.8. The van der Waals surface area contributed by atoms with Crippen LogP contribution in [0.1, 0.15) is 6.92 Å². The number of aliphatic hydroxyl groups is 9. The van der Waals surface area contributed by atoms with Gasteiger partial charge in [0.05, 0.1) is 19.3 Å². The van der Waals surface area contributed by atoms with E-state index in [2.05, 4.69) is 0 Å². The second-order valence-corrected chi connectivity index (χ2v) is 8.53. The monoisotopic (exact) mass is 502 g/mol. The van der Waals surface area contributed by atoms with Gasteiger partial charge in [-0.1, -0.05) is 0 Å². The normalized spacial score (nSPS) is 52.5. The zero-order valence-electron chi connectivity index (χ0n) is 18.5. The molecular weight excluding hydrogens is 468 g/mol. The summed E-state index contributed by atoms with van der Waals surface area (Å²) in [5, 5.41) is 90.7. The Labute approximate surface area is 194 Å². The molecule has 3 aliphatic heterocycles. The standard InChI is InChI=1S/C19H34O15/c1-5-8(22)10(24)12(26)18(30-5)34-16-14(28)17(29-2)32-7(4-21)15(16)33-19-13(27)11(25)9(23)6(3-20)31-19/h5-28H,3-4H2,1-2H3/t5-,6+,7+,8+,9+,10+,11-,12-,13+,14+,15-,16+,17-,18-,19-/m0/s1. The largest absolute Gasteiger partial charge is 0.394 e. The first kappa shape index (κ1) is 28.0. The van der Waals surface area contributed by atoms with Crippen molar-refractivity contribution in [1.29, 1.82) is 0 Å². The molecule has 0 radical (unpaired) electrons. The molecule has 3 aliphatic rings. The van der Waals surface area contributed by atoms with E-state index < -0.39 is 105 Å². The third kappa shape index (κ3) is 5.39. The van der Waals surface area contributed by atoms with Crippen LogP contribution in [0, 0.1) is 0 Å². The van der Waals surface area contributed by atoms with Gasteiger partial charge in [-0.25, -0.2) is 0 Å². The summed E-state index contributed by atoms with van der Waals surface area (Å²) in [5.74, 6) is 0. The third-order valence-electron chi connectivity index (χ3n) is 6.27. The fourth-order valence-corrected chi connectivity index (χ4v) is 4.17. The summed E-state index contributed by atoms with van der Waals surface area (Å²) in [6.07, 6.45) is -22.6. The summed E-state index contributed by atoms with van der Waals surface area (Å²) < 4.78 is 32.7. The van der Waals surface area contributed by atoms with Crippen LogP contribution < -0.4 is 0 Å². The Bertz CT molecular complexity index is 639. The van der Waals surface area contributed by atoms with Gasteiger partial charge in [-0.3, -0.25) is 0 Å². The molecule has 3 fully saturated rings. The summed E-state index contributed by atoms with van der Waals surface area (Å²) >= 11 is 0. The van der Waals surface area contributed by atoms with Crippen LogP contribution in [-0.2, 0) is 28.4 Å². The maximum atomic E-state index is 10.8. The predicted octanol–water partition coefficient (Wildman–Crippen LogP) is -5.89. The van der Waals surface area contributed by atoms with Crippen LogP contribution in [0.15, 0.2) is 0 Å². The Hall–Kier alpha value is -0.600. The van der Waals surface area contributed by atoms with Crippen molar-refractivity contribution in [1.82, 2.24) is 0 Å². The maximum Gasteiger partial charge on any atom is 0.187 e. The lowest BCUT2D eigenvalue weighted by atomic mass is 9.96. The first-order valence-corrected chi connectivity index (χ1v) is 10.8. The van der Waals surface area contributed by atoms with E-state index in [1.165, 1.54) is 14.0 Å². The van der Waals surface area contributed by atoms with Gasteiger partial charge in [0.1, 0.15) is 67.1 Å². The van der Waals surface area contributed by atoms with Crippen molar-refractivity contribution >= 4 is 0 Å². The van der Waals surface area contributed by atoms with Crippen LogP contribution in [-0.4, -0.2) is 158 Å². The average Bonchev–Trinajstić information content (AvgIpc) is 2.83. The van der Waals surface area contributed by atoms with Gasteiger partial charge in [0.15, 0.2) is 18.9 Å². The minimum atomic E-state index is -1.80. The molecule has 0 spiro atoms. The molecule has 0 aromatic heterocycles. The van der Waals surface area contributed by atoms with Crippen molar-refractivity contribution in [2.24, 2.45) is 0 Å². The zero-order chi connectivity index (χ0) is 25.3. The molecule has 0 aromatic rings. The summed E-state index contributed by atoms with van der Waals surface area (Å²) in [7, 11) is 1.21. The van der Waals surface area contributed by atoms with Gasteiger partial charge in [0.25, 0.3) is 0 Å². The molecule has 9 N–H and O–H groups in total. The van der Waals surface area contributed by atoms with Gasteiger partial charge < -0.3 is 74.4 Å². The Morgan fingerprint density at radius 2 is 1.06 bits per heavy atom. The van der Waals surface area contributed by atoms with Gasteiger partial charge in [-0.05, 0) is 6.92 Å². The number of hydrogen-bond acceptors (Lipinski definition) is 15. The van der Waals surface area contributed by atoms with Crippen molar-refractivity contribution in [3.63, 3.8) is 0 Å². The van der Waals surface area contributed by atoms with E-state index in [1.54, 1.807) is 0 Å². The molecule has 0 saturated carbocycles. The molecule has 3 rings (SSSR count). The smallest absolute Gasteiger partial charge is 0.187 e. The van der Waals surface area contributed by atoms with Crippen LogP contribution in [0.4, 0.5) is 0 Å². The summed E-state index contributed by atoms with van der Waals surface area (Å²) in [6.45, 7) is 0.0111. The zero-order valence-corrected chi connectivity index (χ0v) is 18.5. The molecule has 15 nitrogen and oxygen atoms in total. The second kappa shape index (κ2) is 11.6. The SMILES string of the molecule is CO[C@H]1O[C@H](CO)[C@H](O[C@@H]2O[C@H](CO)[C@@H](O)[C@H](O)[C@H]2O)[C@H](O[C@@H]2O[C@@H](C)[C@@H](O)[C@@H](O)[C@@H]2O)[C@H]1O. The summed E-state index contributed by atoms with van der Waals surface area (Å²) in [5.41, 5.74) is 0. The van der Waals surface area contributed by atoms with Gasteiger partial charge in [-0.2, -0.15) is 0 Å². The molecule has 0 bridgehead atoms. The minimum absolute atomic E-state index is 0.694. The average molecular weight is 502 g/mol. The van der Waals surface area contributed by atoms with Gasteiger partial charge >= 0.3 is 0 Å². The molecule has 15 atom stereocenters. The van der Waals surface area contributed by atoms with Crippen LogP contribution in [0.2, 0.25) is 0 Å². The highest BCUT2D eigenvalue weighted by molar-refractivity contribution is 4.96. The Balaban J connectivity index is 1.86. The number of rotatable bonds is 7. The Morgan fingerprint density at radius 3 is 1.62 bits per heavy atom. The van der Waals surface area contributed by atoms with Gasteiger partial charge in [0.2, 0.25) is 0 Å². The quantitative estimate of drug-likeness (QED) is 0.157. The molecule has 3 heterocycles. The lowest BCUT2D eigenvalue weighted by molar-refractivity contribution is -0.384. The van der Waals surface area contributed by atoms with Crippen molar-refractivity contribution in [2.45, 2.75) is 99.0 Å². The molecule has 15 heteroatoms. The van der Waals surface area contributed by atoms with E-state index in [9.17, 15) is 46.0 Å². The molecule has 0 aromatic carbocycles. The Kier molecular flexibility index (Phi) is 9.57. The molecule has 0 unspecified atom stereocenters. The van der Waals surface area contributed by atoms with E-state index in [1.807, 2.05) is 0 Å². The van der Waals surface area contributed by atoms with Gasteiger partial charge in [-0.15, -0.1) is 0 Å². The van der Waals surface area contributed by atoms with Crippen LogP contribution in [0.5, 0.6) is 0 Å². The van der Waals surface area contributed by atoms with E-state index in [-0.39, 0.29) is 0 Å². The van der Waals surface area contributed by atoms with Crippen molar-refractivity contribution in [3.8, 4) is 0 Å². The fraction of sp³-hybridized carbons (Fsp3) is 1.00. The van der Waals surface area contributed by atoms with E-state index in [4.69, 9.17) is 28.4 Å². The third-order valence-corrected chi connectivity index (χ3v) is 6.27. The molecule has 200 valence electrons. The van der Waals surface area contributed by atoms with Crippen LogP contribution in [0.3, 0.4) is 0 Å². The molecule has 0 aliphatic carbocycles. The first-order valence-electron chi connectivity index (χ1n) is 10.8. The summed E-state index contributed by atoms with van der Waals surface area (Å²) in [4.78, 5) is 0. The highest BCUT2D eigenvalue weighted by Crippen LogP contribution is 2.33. The maximum absolute atomic E-state index is 10.8. The van der Waals surface area contributed by atoms with Crippen LogP contribution >= 0.6 is 0 Å². The van der Waals surface area contributed by atoms with Gasteiger partial charge in [0, 0.05) is 7.11 Å².